The van der Waals surface area contributed by atoms with Crippen molar-refractivity contribution in [2.24, 2.45) is 0 Å². The van der Waals surface area contributed by atoms with Crippen molar-refractivity contribution < 1.29 is 14.3 Å². The number of urea groups is 1. The summed E-state index contributed by atoms with van der Waals surface area (Å²) in [6.45, 7) is 2.87. The van der Waals surface area contributed by atoms with Crippen molar-refractivity contribution in [2.75, 3.05) is 26.3 Å². The quantitative estimate of drug-likeness (QED) is 0.845. The number of amides is 2. The van der Waals surface area contributed by atoms with Crippen LogP contribution in [0.2, 0.25) is 0 Å². The van der Waals surface area contributed by atoms with E-state index in [9.17, 15) is 4.79 Å². The molecular formula is C14H22N6O3. The first-order valence-electron chi connectivity index (χ1n) is 8.34. The first kappa shape index (κ1) is 14.8. The molecule has 2 atom stereocenters. The second-order valence-electron chi connectivity index (χ2n) is 6.34. The van der Waals surface area contributed by atoms with E-state index in [1.54, 1.807) is 4.90 Å². The van der Waals surface area contributed by atoms with Crippen LogP contribution < -0.4 is 5.32 Å². The lowest BCUT2D eigenvalue weighted by Gasteiger charge is -2.35. The smallest absolute Gasteiger partial charge is 0.317 e. The molecule has 23 heavy (non-hydrogen) atoms. The summed E-state index contributed by atoms with van der Waals surface area (Å²) in [6, 6.07) is 0.311. The van der Waals surface area contributed by atoms with Crippen LogP contribution in [0, 0.1) is 0 Å². The predicted octanol–water partition coefficient (Wildman–Crippen LogP) is 0.0974. The number of aromatic nitrogens is 4. The van der Waals surface area contributed by atoms with Gasteiger partial charge in [-0.3, -0.25) is 0 Å². The number of hydrogen-bond donors (Lipinski definition) is 1. The highest BCUT2D eigenvalue weighted by atomic mass is 16.5. The van der Waals surface area contributed by atoms with Gasteiger partial charge in [-0.15, -0.1) is 5.10 Å². The summed E-state index contributed by atoms with van der Waals surface area (Å²) in [7, 11) is 0. The predicted molar refractivity (Wildman–Crippen MR) is 78.6 cm³/mol. The molecule has 0 bridgehead atoms. The molecule has 0 aromatic carbocycles. The van der Waals surface area contributed by atoms with Crippen LogP contribution in [0.5, 0.6) is 0 Å². The third-order valence-corrected chi connectivity index (χ3v) is 4.61. The van der Waals surface area contributed by atoms with Crippen LogP contribution >= 0.6 is 0 Å². The fraction of sp³-hybridized carbons (Fsp3) is 0.857. The Morgan fingerprint density at radius 3 is 2.87 bits per heavy atom. The number of nitrogens with one attached hydrogen (secondary N) is 1. The maximum atomic E-state index is 12.4. The fourth-order valence-corrected chi connectivity index (χ4v) is 3.18. The van der Waals surface area contributed by atoms with E-state index >= 15 is 0 Å². The minimum atomic E-state index is -0.0957. The van der Waals surface area contributed by atoms with Gasteiger partial charge >= 0.3 is 6.03 Å². The van der Waals surface area contributed by atoms with Crippen molar-refractivity contribution in [3.05, 3.63) is 5.82 Å². The lowest BCUT2D eigenvalue weighted by atomic mass is 10.1. The lowest BCUT2D eigenvalue weighted by Crippen LogP contribution is -2.52. The summed E-state index contributed by atoms with van der Waals surface area (Å²) in [4.78, 5) is 14.2. The number of nitrogens with zero attached hydrogens (tertiary/aromatic N) is 5. The van der Waals surface area contributed by atoms with Crippen molar-refractivity contribution in [1.29, 1.82) is 0 Å². The third-order valence-electron chi connectivity index (χ3n) is 4.61. The van der Waals surface area contributed by atoms with Gasteiger partial charge in [-0.25, -0.2) is 9.48 Å². The Bertz CT molecular complexity index is 554. The maximum Gasteiger partial charge on any atom is 0.317 e. The topological polar surface area (TPSA) is 94.4 Å². The van der Waals surface area contributed by atoms with E-state index in [2.05, 4.69) is 20.8 Å². The van der Waals surface area contributed by atoms with Gasteiger partial charge in [0.05, 0.1) is 31.8 Å². The average molecular weight is 322 g/mol. The summed E-state index contributed by atoms with van der Waals surface area (Å²) >= 11 is 0. The molecule has 1 saturated carbocycles. The van der Waals surface area contributed by atoms with E-state index in [0.717, 1.165) is 32.3 Å². The number of ether oxygens (including phenoxy) is 2. The molecular weight excluding hydrogens is 300 g/mol. The van der Waals surface area contributed by atoms with Gasteiger partial charge in [0.25, 0.3) is 0 Å². The minimum Gasteiger partial charge on any atom is -0.375 e. The summed E-state index contributed by atoms with van der Waals surface area (Å²) in [5.41, 5.74) is 0. The van der Waals surface area contributed by atoms with Crippen molar-refractivity contribution in [2.45, 2.75) is 50.5 Å². The summed E-state index contributed by atoms with van der Waals surface area (Å²) in [6.07, 6.45) is 4.40. The first-order valence-corrected chi connectivity index (χ1v) is 8.34. The summed E-state index contributed by atoms with van der Waals surface area (Å²) in [5, 5.41) is 14.6. The van der Waals surface area contributed by atoms with Gasteiger partial charge in [0.15, 0.2) is 5.82 Å². The Balaban J connectivity index is 1.30. The minimum absolute atomic E-state index is 0.0196. The van der Waals surface area contributed by atoms with Crippen LogP contribution in [0.1, 0.15) is 37.5 Å². The fourth-order valence-electron chi connectivity index (χ4n) is 3.18. The highest BCUT2D eigenvalue weighted by Gasteiger charge is 2.33. The van der Waals surface area contributed by atoms with Gasteiger partial charge in [-0.05, 0) is 36.1 Å². The molecule has 0 radical (unpaired) electrons. The first-order chi connectivity index (χ1) is 11.3. The molecule has 0 spiro atoms. The molecule has 3 aliphatic rings. The summed E-state index contributed by atoms with van der Waals surface area (Å²) in [5.74, 6) is 0.713. The van der Waals surface area contributed by atoms with Crippen molar-refractivity contribution in [3.63, 3.8) is 0 Å². The SMILES string of the molecule is O=C(NCc1nnnn1C1CC1)N1CCOC(C2CCCO2)C1. The molecule has 1 aromatic rings. The molecule has 1 aliphatic carbocycles. The van der Waals surface area contributed by atoms with E-state index in [4.69, 9.17) is 9.47 Å². The molecule has 2 aliphatic heterocycles. The van der Waals surface area contributed by atoms with Crippen LogP contribution in [0.4, 0.5) is 4.79 Å². The highest BCUT2D eigenvalue weighted by Crippen LogP contribution is 2.34. The molecule has 9 heteroatoms. The van der Waals surface area contributed by atoms with Gasteiger partial charge in [-0.2, -0.15) is 0 Å². The Morgan fingerprint density at radius 2 is 2.09 bits per heavy atom. The molecule has 9 nitrogen and oxygen atoms in total. The van der Waals surface area contributed by atoms with E-state index in [1.165, 1.54) is 0 Å². The van der Waals surface area contributed by atoms with Gasteiger partial charge < -0.3 is 19.7 Å². The van der Waals surface area contributed by atoms with Crippen molar-refractivity contribution in [3.8, 4) is 0 Å². The second kappa shape index (κ2) is 6.40. The van der Waals surface area contributed by atoms with Crippen LogP contribution in [-0.4, -0.2) is 69.6 Å². The Morgan fingerprint density at radius 1 is 1.22 bits per heavy atom. The number of rotatable bonds is 4. The molecule has 1 N–H and O–H groups in total. The molecule has 126 valence electrons. The maximum absolute atomic E-state index is 12.4. The molecule has 3 fully saturated rings. The van der Waals surface area contributed by atoms with E-state index in [1.807, 2.05) is 4.68 Å². The van der Waals surface area contributed by atoms with E-state index < -0.39 is 0 Å². The van der Waals surface area contributed by atoms with Crippen LogP contribution in [0.15, 0.2) is 0 Å². The van der Waals surface area contributed by atoms with Gasteiger partial charge in [-0.1, -0.05) is 0 Å². The molecule has 3 heterocycles. The van der Waals surface area contributed by atoms with E-state index in [0.29, 0.717) is 38.1 Å². The third kappa shape index (κ3) is 3.30. The average Bonchev–Trinajstić information content (AvgIpc) is 3.10. The van der Waals surface area contributed by atoms with Gasteiger partial charge in [0.1, 0.15) is 6.10 Å². The molecule has 2 saturated heterocycles. The van der Waals surface area contributed by atoms with Crippen LogP contribution in [0.3, 0.4) is 0 Å². The molecule has 4 rings (SSSR count). The largest absolute Gasteiger partial charge is 0.375 e. The monoisotopic (exact) mass is 322 g/mol. The lowest BCUT2D eigenvalue weighted by molar-refractivity contribution is -0.0849. The number of tetrazole rings is 1. The number of morpholine rings is 1. The second-order valence-corrected chi connectivity index (χ2v) is 6.34. The number of hydrogen-bond acceptors (Lipinski definition) is 6. The Kier molecular flexibility index (Phi) is 4.13. The molecule has 1 aromatic heterocycles. The standard InChI is InChI=1S/C14H22N6O3/c21-14(15-8-13-16-17-18-20(13)10-3-4-10)19-5-7-23-12(9-19)11-2-1-6-22-11/h10-12H,1-9H2,(H,15,21). The van der Waals surface area contributed by atoms with E-state index in [-0.39, 0.29) is 18.2 Å². The zero-order valence-electron chi connectivity index (χ0n) is 13.1. The number of carbonyl (C=O) groups excluding carboxylic acids is 1. The zero-order chi connectivity index (χ0) is 15.6. The normalized spacial score (nSPS) is 28.1. The Labute approximate surface area is 134 Å². The van der Waals surface area contributed by atoms with Crippen molar-refractivity contribution >= 4 is 6.03 Å². The van der Waals surface area contributed by atoms with Crippen LogP contribution in [-0.2, 0) is 16.0 Å². The highest BCUT2D eigenvalue weighted by molar-refractivity contribution is 5.74. The molecule has 2 unspecified atom stereocenters. The number of carbonyl (C=O) groups is 1. The van der Waals surface area contributed by atoms with Crippen molar-refractivity contribution in [1.82, 2.24) is 30.4 Å². The van der Waals surface area contributed by atoms with Crippen LogP contribution in [0.25, 0.3) is 0 Å². The molecule has 2 amide bonds. The zero-order valence-corrected chi connectivity index (χ0v) is 13.1. The van der Waals surface area contributed by atoms with Gasteiger partial charge in [0.2, 0.25) is 0 Å². The van der Waals surface area contributed by atoms with Gasteiger partial charge in [0, 0.05) is 13.2 Å². The summed E-state index contributed by atoms with van der Waals surface area (Å²) < 4.78 is 13.3. The Hall–Kier alpha value is -1.74.